The molecule has 3 aromatic rings. The van der Waals surface area contributed by atoms with Crippen molar-refractivity contribution in [3.05, 3.63) is 81.1 Å². The first-order chi connectivity index (χ1) is 13.6. The predicted molar refractivity (Wildman–Crippen MR) is 106 cm³/mol. The van der Waals surface area contributed by atoms with Gasteiger partial charge in [-0.05, 0) is 29.8 Å². The number of carbonyl (C=O) groups excluding carboxylic acids is 1. The van der Waals surface area contributed by atoms with Crippen LogP contribution in [0.1, 0.15) is 17.0 Å². The molecule has 3 N–H and O–H groups in total. The number of aromatic amines is 1. The molecule has 0 aliphatic carbocycles. The third kappa shape index (κ3) is 3.21. The monoisotopic (exact) mass is 391 g/mol. The molecule has 0 fully saturated rings. The Hall–Kier alpha value is -3.63. The number of halogens is 1. The summed E-state index contributed by atoms with van der Waals surface area (Å²) in [7, 11) is 0. The number of anilines is 3. The minimum atomic E-state index is -1.07. The van der Waals surface area contributed by atoms with E-state index < -0.39 is 23.3 Å². The first-order valence-electron chi connectivity index (χ1n) is 8.49. The highest BCUT2D eigenvalue weighted by Crippen LogP contribution is 2.38. The second kappa shape index (κ2) is 7.18. The van der Waals surface area contributed by atoms with Crippen LogP contribution in [0.15, 0.2) is 59.4 Å². The number of carbonyl (C=O) groups is 1. The summed E-state index contributed by atoms with van der Waals surface area (Å²) >= 11 is 6.08. The molecule has 2 aromatic carbocycles. The van der Waals surface area contributed by atoms with E-state index in [9.17, 15) is 14.9 Å². The first kappa shape index (κ1) is 17.8. The fourth-order valence-electron chi connectivity index (χ4n) is 3.29. The van der Waals surface area contributed by atoms with Gasteiger partial charge in [0.2, 0.25) is 11.9 Å². The summed E-state index contributed by atoms with van der Waals surface area (Å²) in [5.74, 6) is -2.03. The minimum Gasteiger partial charge on any atom is -0.326 e. The number of nitrogens with one attached hydrogen (secondary N) is 3. The molecule has 1 amide bonds. The summed E-state index contributed by atoms with van der Waals surface area (Å²) in [6.07, 6.45) is 0. The maximum atomic E-state index is 12.9. The average Bonchev–Trinajstić information content (AvgIpc) is 2.67. The molecule has 2 heterocycles. The smallest absolute Gasteiger partial charge is 0.258 e. The van der Waals surface area contributed by atoms with Crippen LogP contribution in [0.2, 0.25) is 5.02 Å². The zero-order valence-electron chi connectivity index (χ0n) is 14.4. The maximum Gasteiger partial charge on any atom is 0.258 e. The third-order valence-corrected chi connectivity index (χ3v) is 4.74. The Balaban J connectivity index is 1.83. The Morgan fingerprint density at radius 1 is 1.11 bits per heavy atom. The summed E-state index contributed by atoms with van der Waals surface area (Å²) in [5.41, 5.74) is 1.13. The minimum absolute atomic E-state index is 0.128. The Morgan fingerprint density at radius 2 is 1.89 bits per heavy atom. The Labute approximate surface area is 165 Å². The SMILES string of the molecule is N#C[C@@H]1C(=O)Nc2nc(Nc3ccccc3)[nH]c(=O)c2[C@H]1c1cccc(Cl)c1. The van der Waals surface area contributed by atoms with Gasteiger partial charge in [0.05, 0.1) is 11.6 Å². The van der Waals surface area contributed by atoms with Crippen LogP contribution in [0.5, 0.6) is 0 Å². The molecule has 0 unspecified atom stereocenters. The average molecular weight is 392 g/mol. The molecule has 1 aliphatic rings. The lowest BCUT2D eigenvalue weighted by Crippen LogP contribution is -2.38. The van der Waals surface area contributed by atoms with Gasteiger partial charge in [-0.25, -0.2) is 0 Å². The zero-order chi connectivity index (χ0) is 19.7. The van der Waals surface area contributed by atoms with Gasteiger partial charge in [-0.15, -0.1) is 0 Å². The Bertz CT molecular complexity index is 1150. The summed E-state index contributed by atoms with van der Waals surface area (Å²) in [6, 6.07) is 18.0. The number of nitrogens with zero attached hydrogens (tertiary/aromatic N) is 2. The highest BCUT2D eigenvalue weighted by Gasteiger charge is 2.40. The van der Waals surface area contributed by atoms with E-state index in [0.29, 0.717) is 10.6 Å². The van der Waals surface area contributed by atoms with E-state index in [-0.39, 0.29) is 17.3 Å². The molecule has 7 nitrogen and oxygen atoms in total. The fourth-order valence-corrected chi connectivity index (χ4v) is 3.49. The van der Waals surface area contributed by atoms with E-state index in [0.717, 1.165) is 5.69 Å². The van der Waals surface area contributed by atoms with Crippen LogP contribution < -0.4 is 16.2 Å². The van der Waals surface area contributed by atoms with Gasteiger partial charge in [0.15, 0.2) is 0 Å². The fraction of sp³-hybridized carbons (Fsp3) is 0.100. The van der Waals surface area contributed by atoms with E-state index in [1.54, 1.807) is 24.3 Å². The molecule has 2 atom stereocenters. The first-order valence-corrected chi connectivity index (χ1v) is 8.87. The molecular weight excluding hydrogens is 378 g/mol. The third-order valence-electron chi connectivity index (χ3n) is 4.51. The van der Waals surface area contributed by atoms with Crippen LogP contribution in [-0.2, 0) is 4.79 Å². The molecule has 28 heavy (non-hydrogen) atoms. The van der Waals surface area contributed by atoms with Crippen molar-refractivity contribution in [3.63, 3.8) is 0 Å². The number of H-pyrrole nitrogens is 1. The van der Waals surface area contributed by atoms with Gasteiger partial charge in [-0.2, -0.15) is 10.2 Å². The van der Waals surface area contributed by atoms with Gasteiger partial charge in [-0.3, -0.25) is 14.6 Å². The normalized spacial score (nSPS) is 17.9. The number of amides is 1. The van der Waals surface area contributed by atoms with Crippen LogP contribution in [0, 0.1) is 17.2 Å². The number of rotatable bonds is 3. The van der Waals surface area contributed by atoms with Gasteiger partial charge in [-0.1, -0.05) is 41.9 Å². The second-order valence-electron chi connectivity index (χ2n) is 6.30. The molecule has 0 saturated heterocycles. The molecule has 8 heteroatoms. The van der Waals surface area contributed by atoms with E-state index in [4.69, 9.17) is 11.6 Å². The van der Waals surface area contributed by atoms with Crippen molar-refractivity contribution in [3.8, 4) is 6.07 Å². The molecule has 138 valence electrons. The molecular formula is C20H14ClN5O2. The van der Waals surface area contributed by atoms with Crippen molar-refractivity contribution in [2.45, 2.75) is 5.92 Å². The lowest BCUT2D eigenvalue weighted by Gasteiger charge is -2.28. The maximum absolute atomic E-state index is 12.9. The molecule has 0 bridgehead atoms. The summed E-state index contributed by atoms with van der Waals surface area (Å²) in [5, 5.41) is 15.6. The summed E-state index contributed by atoms with van der Waals surface area (Å²) in [6.45, 7) is 0. The lowest BCUT2D eigenvalue weighted by atomic mass is 9.79. The van der Waals surface area contributed by atoms with Crippen LogP contribution in [0.4, 0.5) is 17.5 Å². The van der Waals surface area contributed by atoms with Gasteiger partial charge in [0.1, 0.15) is 11.7 Å². The summed E-state index contributed by atoms with van der Waals surface area (Å²) in [4.78, 5) is 32.4. The molecule has 0 radical (unpaired) electrons. The molecule has 4 rings (SSSR count). The van der Waals surface area contributed by atoms with Crippen molar-refractivity contribution in [1.29, 1.82) is 5.26 Å². The van der Waals surface area contributed by atoms with Crippen LogP contribution in [0.3, 0.4) is 0 Å². The number of benzene rings is 2. The van der Waals surface area contributed by atoms with Crippen molar-refractivity contribution in [2.24, 2.45) is 5.92 Å². The van der Waals surface area contributed by atoms with Gasteiger partial charge in [0.25, 0.3) is 5.56 Å². The van der Waals surface area contributed by atoms with Gasteiger partial charge < -0.3 is 10.6 Å². The number of para-hydroxylation sites is 1. The van der Waals surface area contributed by atoms with Crippen LogP contribution in [-0.4, -0.2) is 15.9 Å². The standard InChI is InChI=1S/C20H14ClN5O2/c21-12-6-4-5-11(9-12)15-14(10-22)18(27)24-17-16(15)19(28)26-20(25-17)23-13-7-2-1-3-8-13/h1-9,14-15H,(H3,23,24,25,26,27,28)/t14-,15-/m0/s1. The number of aromatic nitrogens is 2. The number of nitriles is 1. The van der Waals surface area contributed by atoms with Crippen LogP contribution in [0.25, 0.3) is 0 Å². The Morgan fingerprint density at radius 3 is 2.61 bits per heavy atom. The zero-order valence-corrected chi connectivity index (χ0v) is 15.2. The lowest BCUT2D eigenvalue weighted by molar-refractivity contribution is -0.119. The number of fused-ring (bicyclic) bond motifs is 1. The topological polar surface area (TPSA) is 111 Å². The van der Waals surface area contributed by atoms with E-state index in [1.165, 1.54) is 0 Å². The van der Waals surface area contributed by atoms with Crippen molar-refractivity contribution >= 4 is 35.0 Å². The molecule has 0 spiro atoms. The molecule has 0 saturated carbocycles. The second-order valence-corrected chi connectivity index (χ2v) is 6.73. The van der Waals surface area contributed by atoms with Crippen molar-refractivity contribution < 1.29 is 4.79 Å². The largest absolute Gasteiger partial charge is 0.326 e. The van der Waals surface area contributed by atoms with E-state index >= 15 is 0 Å². The van der Waals surface area contributed by atoms with Crippen molar-refractivity contribution in [2.75, 3.05) is 10.6 Å². The Kier molecular flexibility index (Phi) is 4.55. The number of hydrogen-bond acceptors (Lipinski definition) is 5. The highest BCUT2D eigenvalue weighted by atomic mass is 35.5. The van der Waals surface area contributed by atoms with Crippen molar-refractivity contribution in [1.82, 2.24) is 9.97 Å². The number of hydrogen-bond donors (Lipinski definition) is 3. The molecule has 1 aliphatic heterocycles. The van der Waals surface area contributed by atoms with Crippen LogP contribution >= 0.6 is 11.6 Å². The van der Waals surface area contributed by atoms with Gasteiger partial charge >= 0.3 is 0 Å². The summed E-state index contributed by atoms with van der Waals surface area (Å²) < 4.78 is 0. The van der Waals surface area contributed by atoms with Gasteiger partial charge in [0, 0.05) is 16.6 Å². The van der Waals surface area contributed by atoms with E-state index in [1.807, 2.05) is 36.4 Å². The predicted octanol–water partition coefficient (Wildman–Crippen LogP) is 3.39. The highest BCUT2D eigenvalue weighted by molar-refractivity contribution is 6.30. The molecule has 1 aromatic heterocycles. The van der Waals surface area contributed by atoms with E-state index in [2.05, 4.69) is 20.6 Å². The quantitative estimate of drug-likeness (QED) is 0.633.